The van der Waals surface area contributed by atoms with Crippen molar-refractivity contribution in [2.24, 2.45) is 0 Å². The van der Waals surface area contributed by atoms with E-state index in [9.17, 15) is 0 Å². The van der Waals surface area contributed by atoms with Gasteiger partial charge in [0, 0.05) is 0 Å². The van der Waals surface area contributed by atoms with Gasteiger partial charge in [0.1, 0.15) is 0 Å². The summed E-state index contributed by atoms with van der Waals surface area (Å²) in [7, 11) is 0. The Morgan fingerprint density at radius 1 is 0.161 bits per heavy atom. The van der Waals surface area contributed by atoms with Crippen molar-refractivity contribution in [3.8, 4) is 0 Å². The maximum absolute atomic E-state index is 2.31. The van der Waals surface area contributed by atoms with E-state index >= 15 is 0 Å². The summed E-state index contributed by atoms with van der Waals surface area (Å²) in [5.74, 6) is 0. The maximum Gasteiger partial charge on any atom is -0.0533 e. The molecule has 0 aliphatic rings. The van der Waals surface area contributed by atoms with Crippen LogP contribution in [0.15, 0.2) is 0 Å². The van der Waals surface area contributed by atoms with Gasteiger partial charge in [-0.25, -0.2) is 0 Å². The maximum atomic E-state index is 2.31. The number of rotatable bonds is 28. The molecule has 0 rings (SSSR count). The summed E-state index contributed by atoms with van der Waals surface area (Å²) in [5.41, 5.74) is 0. The van der Waals surface area contributed by atoms with E-state index in [-0.39, 0.29) is 0 Å². The quantitative estimate of drug-likeness (QED) is 0.107. The van der Waals surface area contributed by atoms with E-state index in [2.05, 4.69) is 13.8 Å². The largest absolute Gasteiger partial charge is 0.0654 e. The highest BCUT2D eigenvalue weighted by Crippen LogP contribution is 2.16. The molecule has 31 heavy (non-hydrogen) atoms. The van der Waals surface area contributed by atoms with Crippen LogP contribution in [0.1, 0.15) is 200 Å². The molecule has 0 bridgehead atoms. The van der Waals surface area contributed by atoms with Gasteiger partial charge in [0.2, 0.25) is 0 Å². The van der Waals surface area contributed by atoms with Gasteiger partial charge in [-0.15, -0.1) is 0 Å². The van der Waals surface area contributed by atoms with Crippen LogP contribution in [0.25, 0.3) is 0 Å². The molecule has 0 heteroatoms. The minimum Gasteiger partial charge on any atom is -0.0654 e. The summed E-state index contributed by atoms with van der Waals surface area (Å²) in [6.07, 6.45) is 42.9. The summed E-state index contributed by atoms with van der Waals surface area (Å²) in [6.45, 7) is 4.61. The van der Waals surface area contributed by atoms with Crippen LogP contribution in [0, 0.1) is 0 Å². The van der Waals surface area contributed by atoms with E-state index < -0.39 is 0 Å². The zero-order chi connectivity index (χ0) is 22.5. The fourth-order valence-electron chi connectivity index (χ4n) is 4.92. The van der Waals surface area contributed by atoms with Crippen molar-refractivity contribution in [3.05, 3.63) is 0 Å². The van der Waals surface area contributed by atoms with Crippen LogP contribution in [0.3, 0.4) is 0 Å². The fourth-order valence-corrected chi connectivity index (χ4v) is 4.92. The van der Waals surface area contributed by atoms with Gasteiger partial charge in [0.15, 0.2) is 0 Å². The fraction of sp³-hybridized carbons (Fsp3) is 1.00. The van der Waals surface area contributed by atoms with Crippen molar-refractivity contribution in [1.82, 2.24) is 0 Å². The molecule has 0 saturated heterocycles. The van der Waals surface area contributed by atoms with Gasteiger partial charge in [-0.3, -0.25) is 0 Å². The van der Waals surface area contributed by atoms with Crippen molar-refractivity contribution in [2.75, 3.05) is 0 Å². The predicted molar refractivity (Wildman–Crippen MR) is 145 cm³/mol. The lowest BCUT2D eigenvalue weighted by Gasteiger charge is -2.04. The van der Waals surface area contributed by atoms with E-state index in [4.69, 9.17) is 0 Å². The molecule has 188 valence electrons. The van der Waals surface area contributed by atoms with E-state index in [0.29, 0.717) is 0 Å². The van der Waals surface area contributed by atoms with Crippen LogP contribution in [0.4, 0.5) is 0 Å². The predicted octanol–water partition coefficient (Wildman–Crippen LogP) is 12.3. The highest BCUT2D eigenvalue weighted by Gasteiger charge is 1.96. The molecule has 0 aliphatic heterocycles. The van der Waals surface area contributed by atoms with Crippen molar-refractivity contribution < 1.29 is 0 Å². The Balaban J connectivity index is 2.98. The lowest BCUT2D eigenvalue weighted by Crippen LogP contribution is -1.85. The SMILES string of the molecule is CCCCCCCCCCCCCCCCCCCCCCCCCCCCCCC. The summed E-state index contributed by atoms with van der Waals surface area (Å²) in [5, 5.41) is 0. The molecule has 0 aromatic rings. The van der Waals surface area contributed by atoms with Crippen LogP contribution in [0.5, 0.6) is 0 Å². The van der Waals surface area contributed by atoms with Gasteiger partial charge in [-0.2, -0.15) is 0 Å². The van der Waals surface area contributed by atoms with Crippen molar-refractivity contribution in [3.63, 3.8) is 0 Å². The Bertz CT molecular complexity index is 254. The van der Waals surface area contributed by atoms with Gasteiger partial charge in [0.25, 0.3) is 0 Å². The molecular formula is C31H64. The Morgan fingerprint density at radius 2 is 0.258 bits per heavy atom. The zero-order valence-corrected chi connectivity index (χ0v) is 22.5. The Labute approximate surface area is 200 Å². The van der Waals surface area contributed by atoms with Crippen LogP contribution in [-0.2, 0) is 0 Å². The van der Waals surface area contributed by atoms with Crippen LogP contribution < -0.4 is 0 Å². The van der Waals surface area contributed by atoms with Crippen molar-refractivity contribution in [1.29, 1.82) is 0 Å². The topological polar surface area (TPSA) is 0 Å². The van der Waals surface area contributed by atoms with E-state index in [1.54, 1.807) is 0 Å². The molecule has 0 aliphatic carbocycles. The van der Waals surface area contributed by atoms with Gasteiger partial charge in [-0.05, 0) is 0 Å². The Kier molecular flexibility index (Phi) is 30.0. The van der Waals surface area contributed by atoms with Gasteiger partial charge >= 0.3 is 0 Å². The second kappa shape index (κ2) is 30.0. The first-order chi connectivity index (χ1) is 15.4. The molecule has 0 unspecified atom stereocenters. The summed E-state index contributed by atoms with van der Waals surface area (Å²) in [6, 6.07) is 0. The monoisotopic (exact) mass is 437 g/mol. The third-order valence-corrected chi connectivity index (χ3v) is 7.21. The Morgan fingerprint density at radius 3 is 0.355 bits per heavy atom. The molecule has 0 aromatic carbocycles. The summed E-state index contributed by atoms with van der Waals surface area (Å²) < 4.78 is 0. The molecule has 0 radical (unpaired) electrons. The standard InChI is InChI=1S/C31H64/c1-3-5-7-9-11-13-15-17-19-21-23-25-27-29-31-30-28-26-24-22-20-18-16-14-12-10-8-6-4-2/h3-31H2,1-2H3. The third-order valence-electron chi connectivity index (χ3n) is 7.21. The second-order valence-corrected chi connectivity index (χ2v) is 10.5. The van der Waals surface area contributed by atoms with Crippen LogP contribution >= 0.6 is 0 Å². The molecule has 0 saturated carbocycles. The third kappa shape index (κ3) is 30.0. The van der Waals surface area contributed by atoms with Crippen LogP contribution in [0.2, 0.25) is 0 Å². The number of unbranched alkanes of at least 4 members (excludes halogenated alkanes) is 28. The van der Waals surface area contributed by atoms with Gasteiger partial charge < -0.3 is 0 Å². The van der Waals surface area contributed by atoms with Crippen LogP contribution in [-0.4, -0.2) is 0 Å². The number of hydrogen-bond donors (Lipinski definition) is 0. The average molecular weight is 437 g/mol. The van der Waals surface area contributed by atoms with Gasteiger partial charge in [-0.1, -0.05) is 200 Å². The lowest BCUT2D eigenvalue weighted by molar-refractivity contribution is 0.514. The smallest absolute Gasteiger partial charge is 0.0533 e. The molecule has 0 fully saturated rings. The summed E-state index contributed by atoms with van der Waals surface area (Å²) in [4.78, 5) is 0. The Hall–Kier alpha value is 0. The highest BCUT2D eigenvalue weighted by molar-refractivity contribution is 4.52. The lowest BCUT2D eigenvalue weighted by atomic mass is 10.0. The van der Waals surface area contributed by atoms with E-state index in [1.807, 2.05) is 0 Å². The minimum atomic E-state index is 1.37. The van der Waals surface area contributed by atoms with E-state index in [1.165, 1.54) is 186 Å². The molecular weight excluding hydrogens is 372 g/mol. The van der Waals surface area contributed by atoms with Crippen molar-refractivity contribution in [2.45, 2.75) is 200 Å². The normalized spacial score (nSPS) is 11.4. The first kappa shape index (κ1) is 31.0. The molecule has 0 N–H and O–H groups in total. The first-order valence-corrected chi connectivity index (χ1v) is 15.4. The summed E-state index contributed by atoms with van der Waals surface area (Å²) >= 11 is 0. The molecule has 0 aromatic heterocycles. The van der Waals surface area contributed by atoms with Gasteiger partial charge in [0.05, 0.1) is 0 Å². The van der Waals surface area contributed by atoms with E-state index in [0.717, 1.165) is 0 Å². The first-order valence-electron chi connectivity index (χ1n) is 15.4. The average Bonchev–Trinajstić information content (AvgIpc) is 2.78. The highest BCUT2D eigenvalue weighted by atomic mass is 14.0. The molecule has 0 spiro atoms. The minimum absolute atomic E-state index is 1.37. The molecule has 0 heterocycles. The number of hydrogen-bond acceptors (Lipinski definition) is 0. The zero-order valence-electron chi connectivity index (χ0n) is 22.5. The molecule has 0 nitrogen and oxygen atoms in total. The molecule has 0 amide bonds. The van der Waals surface area contributed by atoms with Crippen molar-refractivity contribution >= 4 is 0 Å². The molecule has 0 atom stereocenters. The second-order valence-electron chi connectivity index (χ2n) is 10.5.